The van der Waals surface area contributed by atoms with Crippen molar-refractivity contribution in [3.05, 3.63) is 59.4 Å². The second-order valence-corrected chi connectivity index (χ2v) is 4.19. The van der Waals surface area contributed by atoms with Crippen LogP contribution in [-0.4, -0.2) is 24.1 Å². The van der Waals surface area contributed by atoms with Crippen molar-refractivity contribution >= 4 is 17.6 Å². The minimum Gasteiger partial charge on any atom is -0.507 e. The predicted octanol–water partition coefficient (Wildman–Crippen LogP) is 2.57. The molecule has 0 aliphatic rings. The summed E-state index contributed by atoms with van der Waals surface area (Å²) in [5, 5.41) is 12.1. The lowest BCUT2D eigenvalue weighted by molar-refractivity contribution is 0.0600. The van der Waals surface area contributed by atoms with Crippen LogP contribution in [0.3, 0.4) is 0 Å². The molecule has 21 heavy (non-hydrogen) atoms. The molecule has 0 aliphatic carbocycles. The van der Waals surface area contributed by atoms with Crippen LogP contribution < -0.4 is 5.32 Å². The predicted molar refractivity (Wildman–Crippen MR) is 73.8 cm³/mol. The van der Waals surface area contributed by atoms with E-state index in [1.807, 2.05) is 0 Å². The van der Waals surface area contributed by atoms with Crippen molar-refractivity contribution in [2.75, 3.05) is 12.4 Å². The molecule has 0 aromatic heterocycles. The summed E-state index contributed by atoms with van der Waals surface area (Å²) >= 11 is 0. The fourth-order valence-corrected chi connectivity index (χ4v) is 1.74. The molecular weight excluding hydrogens is 277 g/mol. The van der Waals surface area contributed by atoms with Crippen LogP contribution in [0.5, 0.6) is 5.75 Å². The lowest BCUT2D eigenvalue weighted by Gasteiger charge is -2.08. The molecule has 0 saturated heterocycles. The van der Waals surface area contributed by atoms with E-state index in [1.165, 1.54) is 25.3 Å². The van der Waals surface area contributed by atoms with E-state index in [2.05, 4.69) is 10.1 Å². The van der Waals surface area contributed by atoms with Crippen molar-refractivity contribution in [1.82, 2.24) is 0 Å². The van der Waals surface area contributed by atoms with E-state index in [-0.39, 0.29) is 11.1 Å². The van der Waals surface area contributed by atoms with Crippen LogP contribution in [0, 0.1) is 5.82 Å². The van der Waals surface area contributed by atoms with Crippen LogP contribution in [0.4, 0.5) is 10.1 Å². The molecular formula is C15H12FNO4. The molecule has 0 fully saturated rings. The zero-order valence-corrected chi connectivity index (χ0v) is 11.1. The third kappa shape index (κ3) is 3.36. The van der Waals surface area contributed by atoms with E-state index >= 15 is 0 Å². The molecule has 2 rings (SSSR count). The highest BCUT2D eigenvalue weighted by atomic mass is 19.1. The van der Waals surface area contributed by atoms with Crippen molar-refractivity contribution in [3.8, 4) is 5.75 Å². The molecule has 2 N–H and O–H groups in total. The van der Waals surface area contributed by atoms with Gasteiger partial charge in [0.25, 0.3) is 5.91 Å². The molecule has 0 atom stereocenters. The third-order valence-electron chi connectivity index (χ3n) is 2.75. The standard InChI is InChI=1S/C15H12FNO4/c1-21-15(20)9-3-2-4-11(7-9)17-14(19)12-6-5-10(16)8-13(12)18/h2-8,18H,1H3,(H,17,19). The van der Waals surface area contributed by atoms with Crippen LogP contribution in [0.1, 0.15) is 20.7 Å². The van der Waals surface area contributed by atoms with Crippen LogP contribution in [0.2, 0.25) is 0 Å². The fourth-order valence-electron chi connectivity index (χ4n) is 1.74. The molecule has 0 heterocycles. The molecule has 1 amide bonds. The number of methoxy groups -OCH3 is 1. The first-order chi connectivity index (χ1) is 10.0. The Hall–Kier alpha value is -2.89. The fraction of sp³-hybridized carbons (Fsp3) is 0.0667. The van der Waals surface area contributed by atoms with Crippen LogP contribution in [0.15, 0.2) is 42.5 Å². The number of aromatic hydroxyl groups is 1. The first kappa shape index (κ1) is 14.5. The van der Waals surface area contributed by atoms with Gasteiger partial charge in [-0.3, -0.25) is 4.79 Å². The average molecular weight is 289 g/mol. The molecule has 0 unspecified atom stereocenters. The summed E-state index contributed by atoms with van der Waals surface area (Å²) in [6, 6.07) is 9.21. The van der Waals surface area contributed by atoms with Gasteiger partial charge in [0.1, 0.15) is 11.6 Å². The number of anilines is 1. The number of carbonyl (C=O) groups is 2. The lowest BCUT2D eigenvalue weighted by atomic mass is 10.1. The largest absolute Gasteiger partial charge is 0.507 e. The summed E-state index contributed by atoms with van der Waals surface area (Å²) in [4.78, 5) is 23.4. The second-order valence-electron chi connectivity index (χ2n) is 4.19. The molecule has 0 saturated carbocycles. The molecule has 0 bridgehead atoms. The topological polar surface area (TPSA) is 75.6 Å². The Balaban J connectivity index is 2.21. The van der Waals surface area contributed by atoms with Crippen molar-refractivity contribution in [2.24, 2.45) is 0 Å². The van der Waals surface area contributed by atoms with Crippen molar-refractivity contribution in [3.63, 3.8) is 0 Å². The Morgan fingerprint density at radius 1 is 1.19 bits per heavy atom. The maximum Gasteiger partial charge on any atom is 0.337 e. The van der Waals surface area contributed by atoms with Crippen molar-refractivity contribution < 1.29 is 23.8 Å². The van der Waals surface area contributed by atoms with E-state index in [0.717, 1.165) is 12.1 Å². The number of hydrogen-bond donors (Lipinski definition) is 2. The number of amides is 1. The number of phenolic OH excluding ortho intramolecular Hbond substituents is 1. The summed E-state index contributed by atoms with van der Waals surface area (Å²) in [5.74, 6) is -2.25. The summed E-state index contributed by atoms with van der Waals surface area (Å²) in [7, 11) is 1.25. The van der Waals surface area contributed by atoms with Gasteiger partial charge in [0.2, 0.25) is 0 Å². The zero-order chi connectivity index (χ0) is 15.4. The van der Waals surface area contributed by atoms with E-state index < -0.39 is 23.4 Å². The number of rotatable bonds is 3. The van der Waals surface area contributed by atoms with Gasteiger partial charge in [-0.15, -0.1) is 0 Å². The minimum absolute atomic E-state index is 0.0696. The van der Waals surface area contributed by atoms with Gasteiger partial charge < -0.3 is 15.2 Å². The third-order valence-corrected chi connectivity index (χ3v) is 2.75. The highest BCUT2D eigenvalue weighted by Crippen LogP contribution is 2.20. The second kappa shape index (κ2) is 6.04. The number of nitrogens with one attached hydrogen (secondary N) is 1. The molecule has 6 heteroatoms. The number of benzene rings is 2. The van der Waals surface area contributed by atoms with Crippen LogP contribution in [0.25, 0.3) is 0 Å². The number of ether oxygens (including phenoxy) is 1. The average Bonchev–Trinajstić information content (AvgIpc) is 2.46. The van der Waals surface area contributed by atoms with E-state index in [1.54, 1.807) is 12.1 Å². The molecule has 0 aliphatic heterocycles. The SMILES string of the molecule is COC(=O)c1cccc(NC(=O)c2ccc(F)cc2O)c1. The van der Waals surface area contributed by atoms with Gasteiger partial charge in [0.05, 0.1) is 18.2 Å². The Morgan fingerprint density at radius 3 is 2.62 bits per heavy atom. The maximum atomic E-state index is 12.9. The van der Waals surface area contributed by atoms with E-state index in [0.29, 0.717) is 5.69 Å². The quantitative estimate of drug-likeness (QED) is 0.851. The first-order valence-corrected chi connectivity index (χ1v) is 5.99. The summed E-state index contributed by atoms with van der Waals surface area (Å²) in [5.41, 5.74) is 0.560. The Labute approximate surface area is 120 Å². The normalized spacial score (nSPS) is 10.0. The Bertz CT molecular complexity index is 700. The Morgan fingerprint density at radius 2 is 1.95 bits per heavy atom. The minimum atomic E-state index is -0.642. The van der Waals surface area contributed by atoms with Gasteiger partial charge in [0, 0.05) is 11.8 Å². The highest BCUT2D eigenvalue weighted by molar-refractivity contribution is 6.06. The van der Waals surface area contributed by atoms with Gasteiger partial charge in [-0.1, -0.05) is 6.07 Å². The number of carbonyl (C=O) groups excluding carboxylic acids is 2. The smallest absolute Gasteiger partial charge is 0.337 e. The van der Waals surface area contributed by atoms with E-state index in [4.69, 9.17) is 0 Å². The zero-order valence-electron chi connectivity index (χ0n) is 11.1. The Kier molecular flexibility index (Phi) is 4.18. The van der Waals surface area contributed by atoms with Gasteiger partial charge in [-0.25, -0.2) is 9.18 Å². The molecule has 0 spiro atoms. The molecule has 0 radical (unpaired) electrons. The van der Waals surface area contributed by atoms with Crippen LogP contribution in [-0.2, 0) is 4.74 Å². The van der Waals surface area contributed by atoms with Gasteiger partial charge in [-0.2, -0.15) is 0 Å². The van der Waals surface area contributed by atoms with Crippen molar-refractivity contribution in [2.45, 2.75) is 0 Å². The van der Waals surface area contributed by atoms with Gasteiger partial charge in [-0.05, 0) is 30.3 Å². The summed E-state index contributed by atoms with van der Waals surface area (Å²) in [6.45, 7) is 0. The molecule has 2 aromatic carbocycles. The molecule has 5 nitrogen and oxygen atoms in total. The monoisotopic (exact) mass is 289 g/mol. The lowest BCUT2D eigenvalue weighted by Crippen LogP contribution is -2.13. The van der Waals surface area contributed by atoms with Crippen molar-refractivity contribution in [1.29, 1.82) is 0 Å². The number of phenols is 1. The van der Waals surface area contributed by atoms with E-state index in [9.17, 15) is 19.1 Å². The summed E-state index contributed by atoms with van der Waals surface area (Å²) < 4.78 is 17.5. The number of halogens is 1. The number of esters is 1. The molecule has 108 valence electrons. The van der Waals surface area contributed by atoms with Gasteiger partial charge in [0.15, 0.2) is 0 Å². The maximum absolute atomic E-state index is 12.9. The van der Waals surface area contributed by atoms with Gasteiger partial charge >= 0.3 is 5.97 Å². The highest BCUT2D eigenvalue weighted by Gasteiger charge is 2.13. The first-order valence-electron chi connectivity index (χ1n) is 5.99. The number of hydrogen-bond acceptors (Lipinski definition) is 4. The summed E-state index contributed by atoms with van der Waals surface area (Å²) in [6.07, 6.45) is 0. The van der Waals surface area contributed by atoms with Crippen LogP contribution >= 0.6 is 0 Å². The molecule has 2 aromatic rings.